The topological polar surface area (TPSA) is 88.0 Å². The summed E-state index contributed by atoms with van der Waals surface area (Å²) >= 11 is 1.53. The minimum atomic E-state index is -0.972. The molecule has 112 valence electrons. The first-order chi connectivity index (χ1) is 10.1. The number of rotatable bonds is 6. The maximum Gasteiger partial charge on any atom is 0.339 e. The van der Waals surface area contributed by atoms with E-state index in [1.165, 1.54) is 11.3 Å². The number of carbonyl (C=O) groups is 1. The monoisotopic (exact) mass is 306 g/mol. The fraction of sp³-hybridized carbons (Fsp3) is 0.429. The van der Waals surface area contributed by atoms with E-state index in [9.17, 15) is 9.90 Å². The van der Waals surface area contributed by atoms with E-state index in [1.54, 1.807) is 5.51 Å². The van der Waals surface area contributed by atoms with Crippen molar-refractivity contribution in [2.75, 3.05) is 5.32 Å². The van der Waals surface area contributed by atoms with Gasteiger partial charge in [-0.1, -0.05) is 13.8 Å². The summed E-state index contributed by atoms with van der Waals surface area (Å²) in [6.07, 6.45) is 1.29. The van der Waals surface area contributed by atoms with Gasteiger partial charge in [0.15, 0.2) is 5.82 Å². The molecule has 0 spiro atoms. The van der Waals surface area contributed by atoms with Crippen molar-refractivity contribution >= 4 is 23.1 Å². The molecule has 0 atom stereocenters. The van der Waals surface area contributed by atoms with E-state index in [-0.39, 0.29) is 5.56 Å². The number of hydrogen-bond acceptors (Lipinski definition) is 6. The first-order valence-electron chi connectivity index (χ1n) is 6.83. The first kappa shape index (κ1) is 15.4. The Bertz CT molecular complexity index is 654. The van der Waals surface area contributed by atoms with Gasteiger partial charge in [-0.15, -0.1) is 16.4 Å². The van der Waals surface area contributed by atoms with Gasteiger partial charge in [-0.2, -0.15) is 5.10 Å². The van der Waals surface area contributed by atoms with Crippen molar-refractivity contribution in [2.45, 2.75) is 40.2 Å². The van der Waals surface area contributed by atoms with Crippen LogP contribution in [0.3, 0.4) is 0 Å². The molecule has 0 saturated carbocycles. The summed E-state index contributed by atoms with van der Waals surface area (Å²) in [5.74, 6) is -0.649. The number of nitrogens with one attached hydrogen (secondary N) is 1. The molecular weight excluding hydrogens is 288 g/mol. The zero-order chi connectivity index (χ0) is 15.4. The maximum absolute atomic E-state index is 11.6. The highest BCUT2D eigenvalue weighted by Crippen LogP contribution is 2.22. The standard InChI is InChI=1S/C14H18N4O2S/c1-4-9-10(5-2)17-18-13(12(9)14(19)20)15-6-11-8(3)16-7-21-11/h7H,4-6H2,1-3H3,(H,15,18)(H,19,20). The molecule has 0 aliphatic rings. The average molecular weight is 306 g/mol. The quantitative estimate of drug-likeness (QED) is 0.853. The SMILES string of the molecule is CCc1nnc(NCc2scnc2C)c(C(=O)O)c1CC. The van der Waals surface area contributed by atoms with Gasteiger partial charge in [0.25, 0.3) is 0 Å². The Morgan fingerprint density at radius 3 is 2.62 bits per heavy atom. The van der Waals surface area contributed by atoms with Gasteiger partial charge in [0.1, 0.15) is 5.56 Å². The Hall–Kier alpha value is -2.02. The van der Waals surface area contributed by atoms with Crippen molar-refractivity contribution < 1.29 is 9.90 Å². The van der Waals surface area contributed by atoms with Crippen LogP contribution in [0, 0.1) is 6.92 Å². The Morgan fingerprint density at radius 1 is 1.33 bits per heavy atom. The van der Waals surface area contributed by atoms with Crippen molar-refractivity contribution in [3.05, 3.63) is 32.9 Å². The number of carboxylic acid groups (broad SMARTS) is 1. The van der Waals surface area contributed by atoms with E-state index < -0.39 is 5.97 Å². The Labute approximate surface area is 127 Å². The lowest BCUT2D eigenvalue weighted by Crippen LogP contribution is -2.15. The van der Waals surface area contributed by atoms with Crippen molar-refractivity contribution in [3.63, 3.8) is 0 Å². The van der Waals surface area contributed by atoms with Crippen LogP contribution >= 0.6 is 11.3 Å². The summed E-state index contributed by atoms with van der Waals surface area (Å²) in [7, 11) is 0. The van der Waals surface area contributed by atoms with Crippen molar-refractivity contribution in [1.82, 2.24) is 15.2 Å². The van der Waals surface area contributed by atoms with Crippen LogP contribution in [0.5, 0.6) is 0 Å². The molecule has 0 aliphatic carbocycles. The number of hydrogen-bond donors (Lipinski definition) is 2. The number of aryl methyl sites for hydroxylation is 2. The molecule has 0 aliphatic heterocycles. The lowest BCUT2D eigenvalue weighted by Gasteiger charge is -2.13. The van der Waals surface area contributed by atoms with Gasteiger partial charge in [0.05, 0.1) is 23.4 Å². The summed E-state index contributed by atoms with van der Waals surface area (Å²) < 4.78 is 0. The average Bonchev–Trinajstić information content (AvgIpc) is 2.88. The molecule has 0 fully saturated rings. The smallest absolute Gasteiger partial charge is 0.339 e. The molecule has 2 heterocycles. The van der Waals surface area contributed by atoms with Gasteiger partial charge in [-0.05, 0) is 25.3 Å². The van der Waals surface area contributed by atoms with Gasteiger partial charge in [0.2, 0.25) is 0 Å². The molecular formula is C14H18N4O2S. The lowest BCUT2D eigenvalue weighted by molar-refractivity contribution is 0.0696. The second kappa shape index (κ2) is 6.62. The summed E-state index contributed by atoms with van der Waals surface area (Å²) in [5, 5.41) is 20.8. The molecule has 0 radical (unpaired) electrons. The van der Waals surface area contributed by atoms with Crippen LogP contribution in [0.15, 0.2) is 5.51 Å². The summed E-state index contributed by atoms with van der Waals surface area (Å²) in [6, 6.07) is 0. The van der Waals surface area contributed by atoms with E-state index in [2.05, 4.69) is 20.5 Å². The van der Waals surface area contributed by atoms with Gasteiger partial charge < -0.3 is 10.4 Å². The molecule has 7 heteroatoms. The largest absolute Gasteiger partial charge is 0.478 e. The fourth-order valence-electron chi connectivity index (χ4n) is 2.19. The van der Waals surface area contributed by atoms with Crippen molar-refractivity contribution in [1.29, 1.82) is 0 Å². The second-order valence-corrected chi connectivity index (χ2v) is 5.51. The van der Waals surface area contributed by atoms with Crippen LogP contribution < -0.4 is 5.32 Å². The van der Waals surface area contributed by atoms with Crippen LogP contribution in [0.1, 0.15) is 46.0 Å². The van der Waals surface area contributed by atoms with Crippen LogP contribution in [0.2, 0.25) is 0 Å². The molecule has 2 rings (SSSR count). The third-order valence-corrected chi connectivity index (χ3v) is 4.26. The first-order valence-corrected chi connectivity index (χ1v) is 7.70. The number of carboxylic acids is 1. The Kier molecular flexibility index (Phi) is 4.85. The molecule has 0 aromatic carbocycles. The minimum Gasteiger partial charge on any atom is -0.478 e. The van der Waals surface area contributed by atoms with Crippen LogP contribution in [0.4, 0.5) is 5.82 Å². The Morgan fingerprint density at radius 2 is 2.10 bits per heavy atom. The molecule has 2 N–H and O–H groups in total. The van der Waals surface area contributed by atoms with Crippen LogP contribution in [-0.4, -0.2) is 26.3 Å². The van der Waals surface area contributed by atoms with Gasteiger partial charge in [0, 0.05) is 4.88 Å². The van der Waals surface area contributed by atoms with Crippen molar-refractivity contribution in [2.24, 2.45) is 0 Å². The van der Waals surface area contributed by atoms with E-state index in [4.69, 9.17) is 0 Å². The lowest BCUT2D eigenvalue weighted by atomic mass is 10.0. The van der Waals surface area contributed by atoms with Crippen LogP contribution in [-0.2, 0) is 19.4 Å². The second-order valence-electron chi connectivity index (χ2n) is 4.58. The van der Waals surface area contributed by atoms with Crippen LogP contribution in [0.25, 0.3) is 0 Å². The molecule has 2 aromatic heterocycles. The zero-order valence-corrected chi connectivity index (χ0v) is 13.1. The van der Waals surface area contributed by atoms with Crippen molar-refractivity contribution in [3.8, 4) is 0 Å². The normalized spacial score (nSPS) is 10.6. The number of anilines is 1. The zero-order valence-electron chi connectivity index (χ0n) is 12.3. The Balaban J connectivity index is 2.34. The third kappa shape index (κ3) is 3.18. The van der Waals surface area contributed by atoms with E-state index >= 15 is 0 Å². The van der Waals surface area contributed by atoms with Gasteiger partial charge >= 0.3 is 5.97 Å². The molecule has 6 nitrogen and oxygen atoms in total. The maximum atomic E-state index is 11.6. The fourth-order valence-corrected chi connectivity index (χ4v) is 2.90. The number of aromatic nitrogens is 3. The minimum absolute atomic E-state index is 0.228. The van der Waals surface area contributed by atoms with E-state index in [0.717, 1.165) is 21.8 Å². The summed E-state index contributed by atoms with van der Waals surface area (Å²) in [4.78, 5) is 16.8. The van der Waals surface area contributed by atoms with Gasteiger partial charge in [-0.3, -0.25) is 0 Å². The highest BCUT2D eigenvalue weighted by molar-refractivity contribution is 7.09. The molecule has 0 saturated heterocycles. The molecule has 0 unspecified atom stereocenters. The number of aromatic carboxylic acids is 1. The third-order valence-electron chi connectivity index (χ3n) is 3.32. The van der Waals surface area contributed by atoms with Gasteiger partial charge in [-0.25, -0.2) is 9.78 Å². The number of nitrogens with zero attached hydrogens (tertiary/aromatic N) is 3. The van der Waals surface area contributed by atoms with E-state index in [0.29, 0.717) is 25.2 Å². The van der Waals surface area contributed by atoms with E-state index in [1.807, 2.05) is 20.8 Å². The molecule has 0 amide bonds. The number of thiazole rings is 1. The predicted molar refractivity (Wildman–Crippen MR) is 81.9 cm³/mol. The highest BCUT2D eigenvalue weighted by Gasteiger charge is 2.20. The molecule has 2 aromatic rings. The molecule has 0 bridgehead atoms. The molecule has 21 heavy (non-hydrogen) atoms. The highest BCUT2D eigenvalue weighted by atomic mass is 32.1. The summed E-state index contributed by atoms with van der Waals surface area (Å²) in [5.41, 5.74) is 4.44. The summed E-state index contributed by atoms with van der Waals surface area (Å²) in [6.45, 7) is 6.30. The predicted octanol–water partition coefficient (Wildman–Crippen LogP) is 2.68.